The van der Waals surface area contributed by atoms with Gasteiger partial charge in [-0.25, -0.2) is 9.97 Å². The van der Waals surface area contributed by atoms with E-state index >= 15 is 0 Å². The van der Waals surface area contributed by atoms with Crippen LogP contribution >= 0.6 is 11.6 Å². The van der Waals surface area contributed by atoms with Crippen molar-refractivity contribution in [3.8, 4) is 5.88 Å². The minimum atomic E-state index is 0.259. The molecule has 1 heterocycles. The van der Waals surface area contributed by atoms with Gasteiger partial charge < -0.3 is 4.74 Å². The van der Waals surface area contributed by atoms with E-state index in [0.717, 1.165) is 6.42 Å². The Morgan fingerprint density at radius 2 is 1.93 bits per heavy atom. The first-order chi connectivity index (χ1) is 6.49. The predicted octanol–water partition coefficient (Wildman–Crippen LogP) is 2.95. The van der Waals surface area contributed by atoms with Crippen molar-refractivity contribution in [1.29, 1.82) is 0 Å². The highest BCUT2D eigenvalue weighted by atomic mass is 35.5. The van der Waals surface area contributed by atoms with E-state index in [1.165, 1.54) is 0 Å². The van der Waals surface area contributed by atoms with Gasteiger partial charge in [-0.1, -0.05) is 32.4 Å². The second-order valence-corrected chi connectivity index (χ2v) is 4.67. The van der Waals surface area contributed by atoms with E-state index in [2.05, 4.69) is 30.7 Å². The molecular weight excluding hydrogens is 200 g/mol. The van der Waals surface area contributed by atoms with Crippen LogP contribution in [-0.4, -0.2) is 16.6 Å². The molecule has 0 fully saturated rings. The van der Waals surface area contributed by atoms with Gasteiger partial charge in [0.1, 0.15) is 0 Å². The zero-order valence-electron chi connectivity index (χ0n) is 8.75. The summed E-state index contributed by atoms with van der Waals surface area (Å²) < 4.78 is 5.41. The molecule has 4 heteroatoms. The van der Waals surface area contributed by atoms with Crippen molar-refractivity contribution in [2.24, 2.45) is 5.41 Å². The Hall–Kier alpha value is -0.830. The third kappa shape index (κ3) is 3.92. The first kappa shape index (κ1) is 11.2. The molecule has 0 bridgehead atoms. The van der Waals surface area contributed by atoms with Crippen molar-refractivity contribution in [3.05, 3.63) is 17.5 Å². The van der Waals surface area contributed by atoms with Crippen LogP contribution in [0.3, 0.4) is 0 Å². The molecule has 78 valence electrons. The van der Waals surface area contributed by atoms with Crippen molar-refractivity contribution in [2.45, 2.75) is 27.2 Å². The number of rotatable bonds is 3. The number of hydrogen-bond acceptors (Lipinski definition) is 3. The molecule has 0 radical (unpaired) electrons. The van der Waals surface area contributed by atoms with Crippen LogP contribution in [-0.2, 0) is 0 Å². The monoisotopic (exact) mass is 214 g/mol. The summed E-state index contributed by atoms with van der Waals surface area (Å²) in [6.45, 7) is 7.10. The molecule has 1 rings (SSSR count). The molecule has 0 aliphatic heterocycles. The van der Waals surface area contributed by atoms with Gasteiger partial charge >= 0.3 is 0 Å². The van der Waals surface area contributed by atoms with E-state index in [0.29, 0.717) is 17.6 Å². The SMILES string of the molecule is CC(C)(C)CCOc1nccnc1Cl. The lowest BCUT2D eigenvalue weighted by atomic mass is 9.93. The van der Waals surface area contributed by atoms with Crippen LogP contribution in [0.1, 0.15) is 27.2 Å². The van der Waals surface area contributed by atoms with Gasteiger partial charge in [-0.2, -0.15) is 0 Å². The fourth-order valence-electron chi connectivity index (χ4n) is 0.859. The fraction of sp³-hybridized carbons (Fsp3) is 0.600. The average Bonchev–Trinajstić information content (AvgIpc) is 2.06. The Bertz CT molecular complexity index is 296. The normalized spacial score (nSPS) is 11.4. The van der Waals surface area contributed by atoms with Gasteiger partial charge in [-0.05, 0) is 11.8 Å². The second-order valence-electron chi connectivity index (χ2n) is 4.31. The maximum absolute atomic E-state index is 5.78. The molecular formula is C10H15ClN2O. The van der Waals surface area contributed by atoms with Gasteiger partial charge in [0.15, 0.2) is 5.15 Å². The summed E-state index contributed by atoms with van der Waals surface area (Å²) in [6, 6.07) is 0. The minimum Gasteiger partial charge on any atom is -0.475 e. The van der Waals surface area contributed by atoms with Crippen molar-refractivity contribution in [1.82, 2.24) is 9.97 Å². The van der Waals surface area contributed by atoms with Gasteiger partial charge in [0.2, 0.25) is 0 Å². The zero-order chi connectivity index (χ0) is 10.6. The van der Waals surface area contributed by atoms with E-state index in [9.17, 15) is 0 Å². The topological polar surface area (TPSA) is 35.0 Å². The van der Waals surface area contributed by atoms with Crippen LogP contribution in [0, 0.1) is 5.41 Å². The van der Waals surface area contributed by atoms with Crippen molar-refractivity contribution in [3.63, 3.8) is 0 Å². The van der Waals surface area contributed by atoms with Crippen LogP contribution < -0.4 is 4.74 Å². The highest BCUT2D eigenvalue weighted by Gasteiger charge is 2.11. The summed E-state index contributed by atoms with van der Waals surface area (Å²) in [6.07, 6.45) is 4.07. The Morgan fingerprint density at radius 3 is 2.50 bits per heavy atom. The number of aromatic nitrogens is 2. The van der Waals surface area contributed by atoms with Gasteiger partial charge in [0, 0.05) is 12.4 Å². The van der Waals surface area contributed by atoms with E-state index in [-0.39, 0.29) is 5.41 Å². The zero-order valence-corrected chi connectivity index (χ0v) is 9.51. The lowest BCUT2D eigenvalue weighted by molar-refractivity contribution is 0.236. The Morgan fingerprint density at radius 1 is 1.29 bits per heavy atom. The van der Waals surface area contributed by atoms with Gasteiger partial charge in [0.25, 0.3) is 5.88 Å². The molecule has 0 atom stereocenters. The first-order valence-corrected chi connectivity index (χ1v) is 4.96. The number of hydrogen-bond donors (Lipinski definition) is 0. The van der Waals surface area contributed by atoms with E-state index in [1.807, 2.05) is 0 Å². The van der Waals surface area contributed by atoms with Crippen LogP contribution in [0.25, 0.3) is 0 Å². The van der Waals surface area contributed by atoms with Gasteiger partial charge in [-0.3, -0.25) is 0 Å². The molecule has 0 N–H and O–H groups in total. The second kappa shape index (κ2) is 4.60. The standard InChI is InChI=1S/C10H15ClN2O/c1-10(2,3)4-7-14-9-8(11)12-5-6-13-9/h5-6H,4,7H2,1-3H3. The molecule has 1 aromatic rings. The lowest BCUT2D eigenvalue weighted by Gasteiger charge is -2.17. The Kier molecular flexibility index (Phi) is 3.69. The third-order valence-electron chi connectivity index (χ3n) is 1.71. The number of ether oxygens (including phenoxy) is 1. The van der Waals surface area contributed by atoms with E-state index in [4.69, 9.17) is 16.3 Å². The number of nitrogens with zero attached hydrogens (tertiary/aromatic N) is 2. The van der Waals surface area contributed by atoms with E-state index < -0.39 is 0 Å². The molecule has 14 heavy (non-hydrogen) atoms. The third-order valence-corrected chi connectivity index (χ3v) is 1.97. The molecule has 0 saturated heterocycles. The molecule has 1 aromatic heterocycles. The van der Waals surface area contributed by atoms with Crippen molar-refractivity contribution < 1.29 is 4.74 Å². The summed E-state index contributed by atoms with van der Waals surface area (Å²) in [5, 5.41) is 0.321. The minimum absolute atomic E-state index is 0.259. The average molecular weight is 215 g/mol. The van der Waals surface area contributed by atoms with Crippen LogP contribution in [0.4, 0.5) is 0 Å². The Balaban J connectivity index is 2.43. The highest BCUT2D eigenvalue weighted by Crippen LogP contribution is 2.21. The summed E-state index contributed by atoms with van der Waals surface area (Å²) in [7, 11) is 0. The smallest absolute Gasteiger partial charge is 0.252 e. The largest absolute Gasteiger partial charge is 0.475 e. The molecule has 0 saturated carbocycles. The van der Waals surface area contributed by atoms with Gasteiger partial charge in [0.05, 0.1) is 6.61 Å². The van der Waals surface area contributed by atoms with Crippen LogP contribution in [0.5, 0.6) is 5.88 Å². The molecule has 0 aliphatic carbocycles. The quantitative estimate of drug-likeness (QED) is 0.776. The first-order valence-electron chi connectivity index (χ1n) is 4.58. The van der Waals surface area contributed by atoms with E-state index in [1.54, 1.807) is 12.4 Å². The maximum Gasteiger partial charge on any atom is 0.252 e. The molecule has 3 nitrogen and oxygen atoms in total. The fourth-order valence-corrected chi connectivity index (χ4v) is 1.02. The van der Waals surface area contributed by atoms with Crippen molar-refractivity contribution in [2.75, 3.05) is 6.61 Å². The van der Waals surface area contributed by atoms with Crippen LogP contribution in [0.2, 0.25) is 5.15 Å². The molecule has 0 aliphatic rings. The molecule has 0 spiro atoms. The Labute approximate surface area is 89.5 Å². The lowest BCUT2D eigenvalue weighted by Crippen LogP contribution is -2.11. The predicted molar refractivity (Wildman–Crippen MR) is 56.6 cm³/mol. The summed E-state index contributed by atoms with van der Waals surface area (Å²) in [5.41, 5.74) is 0.259. The van der Waals surface area contributed by atoms with Crippen LogP contribution in [0.15, 0.2) is 12.4 Å². The summed E-state index contributed by atoms with van der Waals surface area (Å²) >= 11 is 5.78. The molecule has 0 amide bonds. The molecule has 0 unspecified atom stereocenters. The molecule has 0 aromatic carbocycles. The summed E-state index contributed by atoms with van der Waals surface area (Å²) in [5.74, 6) is 0.415. The van der Waals surface area contributed by atoms with Crippen molar-refractivity contribution >= 4 is 11.6 Å². The highest BCUT2D eigenvalue weighted by molar-refractivity contribution is 6.30. The maximum atomic E-state index is 5.78. The number of halogens is 1. The summed E-state index contributed by atoms with van der Waals surface area (Å²) in [4.78, 5) is 7.85. The van der Waals surface area contributed by atoms with Gasteiger partial charge in [-0.15, -0.1) is 0 Å².